The zero-order chi connectivity index (χ0) is 19.9. The normalized spacial score (nSPS) is 14.2. The van der Waals surface area contributed by atoms with Crippen LogP contribution in [-0.4, -0.2) is 61.3 Å². The predicted molar refractivity (Wildman–Crippen MR) is 91.8 cm³/mol. The molecule has 0 saturated carbocycles. The number of aliphatic hydroxyl groups is 1. The Bertz CT molecular complexity index is 429. The summed E-state index contributed by atoms with van der Waals surface area (Å²) in [6.07, 6.45) is -0.189. The van der Waals surface area contributed by atoms with E-state index in [0.717, 1.165) is 19.3 Å². The summed E-state index contributed by atoms with van der Waals surface area (Å²) in [6.45, 7) is 4.42. The fourth-order valence-corrected chi connectivity index (χ4v) is 2.23. The topological polar surface area (TPSA) is 134 Å². The van der Waals surface area contributed by atoms with Crippen LogP contribution >= 0.6 is 0 Å². The van der Waals surface area contributed by atoms with E-state index in [1.165, 1.54) is 20.8 Å². The zero-order valence-corrected chi connectivity index (χ0v) is 15.8. The predicted octanol–water partition coefficient (Wildman–Crippen LogP) is 0.657. The minimum Gasteiger partial charge on any atom is -0.466 e. The number of esters is 3. The van der Waals surface area contributed by atoms with Crippen molar-refractivity contribution in [3.05, 3.63) is 0 Å². The Kier molecular flexibility index (Phi) is 13.5. The third-order valence-corrected chi connectivity index (χ3v) is 3.36. The lowest BCUT2D eigenvalue weighted by molar-refractivity contribution is -0.216. The van der Waals surface area contributed by atoms with E-state index in [0.29, 0.717) is 13.0 Å². The van der Waals surface area contributed by atoms with Gasteiger partial charge in [0.1, 0.15) is 6.10 Å². The van der Waals surface area contributed by atoms with Crippen molar-refractivity contribution in [1.82, 2.24) is 0 Å². The number of rotatable bonds is 14. The molecule has 0 aromatic heterocycles. The van der Waals surface area contributed by atoms with E-state index >= 15 is 0 Å². The zero-order valence-electron chi connectivity index (χ0n) is 15.8. The summed E-state index contributed by atoms with van der Waals surface area (Å²) in [5, 5.41) is 10.2. The van der Waals surface area contributed by atoms with Gasteiger partial charge < -0.3 is 29.8 Å². The molecule has 3 N–H and O–H groups in total. The highest BCUT2D eigenvalue weighted by molar-refractivity contribution is 5.67. The van der Waals surface area contributed by atoms with Crippen LogP contribution < -0.4 is 5.73 Å². The maximum Gasteiger partial charge on any atom is 0.303 e. The van der Waals surface area contributed by atoms with Crippen molar-refractivity contribution >= 4 is 17.9 Å². The van der Waals surface area contributed by atoms with Gasteiger partial charge in [0.05, 0.1) is 6.61 Å². The molecule has 152 valence electrons. The molecule has 9 nitrogen and oxygen atoms in total. The van der Waals surface area contributed by atoms with E-state index in [4.69, 9.17) is 24.7 Å². The SMILES string of the molecule is CC(=O)OCCC(OC(C)=O)C(OC(C)=O)C(O)OCCCCCCN. The van der Waals surface area contributed by atoms with Gasteiger partial charge in [0, 0.05) is 33.8 Å². The van der Waals surface area contributed by atoms with Gasteiger partial charge >= 0.3 is 17.9 Å². The molecule has 0 saturated heterocycles. The molecule has 0 radical (unpaired) electrons. The van der Waals surface area contributed by atoms with E-state index in [1.807, 2.05) is 0 Å². The molecule has 0 fully saturated rings. The average Bonchev–Trinajstić information content (AvgIpc) is 2.54. The van der Waals surface area contributed by atoms with Crippen molar-refractivity contribution in [2.75, 3.05) is 19.8 Å². The first-order chi connectivity index (χ1) is 12.3. The van der Waals surface area contributed by atoms with Crippen LogP contribution in [0.2, 0.25) is 0 Å². The summed E-state index contributed by atoms with van der Waals surface area (Å²) in [5.41, 5.74) is 5.42. The van der Waals surface area contributed by atoms with Crippen LogP contribution in [0.15, 0.2) is 0 Å². The second-order valence-corrected chi connectivity index (χ2v) is 5.81. The van der Waals surface area contributed by atoms with Gasteiger partial charge in [0.25, 0.3) is 0 Å². The number of hydrogen-bond donors (Lipinski definition) is 2. The van der Waals surface area contributed by atoms with E-state index in [9.17, 15) is 19.5 Å². The fourth-order valence-electron chi connectivity index (χ4n) is 2.23. The van der Waals surface area contributed by atoms with Crippen LogP contribution in [0.5, 0.6) is 0 Å². The highest BCUT2D eigenvalue weighted by Crippen LogP contribution is 2.16. The van der Waals surface area contributed by atoms with Crippen molar-refractivity contribution in [2.24, 2.45) is 5.73 Å². The minimum absolute atomic E-state index is 0.0496. The Hall–Kier alpha value is -1.71. The summed E-state index contributed by atoms with van der Waals surface area (Å²) < 4.78 is 20.3. The summed E-state index contributed by atoms with van der Waals surface area (Å²) >= 11 is 0. The second-order valence-electron chi connectivity index (χ2n) is 5.81. The molecular weight excluding hydrogens is 346 g/mol. The van der Waals surface area contributed by atoms with Crippen LogP contribution in [0.25, 0.3) is 0 Å². The van der Waals surface area contributed by atoms with E-state index in [-0.39, 0.29) is 19.6 Å². The monoisotopic (exact) mass is 377 g/mol. The largest absolute Gasteiger partial charge is 0.466 e. The molecule has 3 unspecified atom stereocenters. The van der Waals surface area contributed by atoms with Crippen LogP contribution in [0.3, 0.4) is 0 Å². The van der Waals surface area contributed by atoms with Gasteiger partial charge in [0.15, 0.2) is 12.4 Å². The smallest absolute Gasteiger partial charge is 0.303 e. The van der Waals surface area contributed by atoms with Crippen molar-refractivity contribution in [3.63, 3.8) is 0 Å². The number of hydrogen-bond acceptors (Lipinski definition) is 9. The maximum atomic E-state index is 11.4. The molecule has 0 aliphatic rings. The lowest BCUT2D eigenvalue weighted by Gasteiger charge is -2.29. The summed E-state index contributed by atoms with van der Waals surface area (Å²) in [5.74, 6) is -1.78. The van der Waals surface area contributed by atoms with E-state index < -0.39 is 36.4 Å². The number of nitrogens with two attached hydrogens (primary N) is 1. The molecule has 0 rings (SSSR count). The quantitative estimate of drug-likeness (QED) is 0.194. The van der Waals surface area contributed by atoms with E-state index in [2.05, 4.69) is 0 Å². The standard InChI is InChI=1S/C17H31NO8/c1-12(19)23-11-8-15(25-13(2)20)16(26-14(3)21)17(22)24-10-7-5-4-6-9-18/h15-17,22H,4-11,18H2,1-3H3. The van der Waals surface area contributed by atoms with Gasteiger partial charge in [-0.3, -0.25) is 14.4 Å². The number of ether oxygens (including phenoxy) is 4. The lowest BCUT2D eigenvalue weighted by Crippen LogP contribution is -2.45. The fraction of sp³-hybridized carbons (Fsp3) is 0.824. The molecule has 9 heteroatoms. The molecule has 0 aliphatic carbocycles. The number of carbonyl (C=O) groups is 3. The molecule has 0 bridgehead atoms. The van der Waals surface area contributed by atoms with Gasteiger partial charge in [-0.15, -0.1) is 0 Å². The average molecular weight is 377 g/mol. The van der Waals surface area contributed by atoms with E-state index in [1.54, 1.807) is 0 Å². The summed E-state index contributed by atoms with van der Waals surface area (Å²) in [4.78, 5) is 33.6. The number of aliphatic hydroxyl groups excluding tert-OH is 1. The molecule has 26 heavy (non-hydrogen) atoms. The maximum absolute atomic E-state index is 11.4. The molecule has 0 aliphatic heterocycles. The Morgan fingerprint density at radius 2 is 1.50 bits per heavy atom. The first-order valence-electron chi connectivity index (χ1n) is 8.75. The van der Waals surface area contributed by atoms with Crippen molar-refractivity contribution in [3.8, 4) is 0 Å². The van der Waals surface area contributed by atoms with Crippen LogP contribution in [0.1, 0.15) is 52.9 Å². The summed E-state index contributed by atoms with van der Waals surface area (Å²) in [6, 6.07) is 0. The molecule has 3 atom stereocenters. The van der Waals surface area contributed by atoms with Gasteiger partial charge in [-0.2, -0.15) is 0 Å². The highest BCUT2D eigenvalue weighted by Gasteiger charge is 2.34. The second kappa shape index (κ2) is 14.5. The van der Waals surface area contributed by atoms with Crippen molar-refractivity contribution in [2.45, 2.75) is 71.4 Å². The Morgan fingerprint density at radius 3 is 2.04 bits per heavy atom. The molecule has 0 spiro atoms. The van der Waals surface area contributed by atoms with Crippen LogP contribution in [-0.2, 0) is 33.3 Å². The first kappa shape index (κ1) is 24.3. The van der Waals surface area contributed by atoms with Crippen molar-refractivity contribution in [1.29, 1.82) is 0 Å². The molecule has 0 aromatic carbocycles. The van der Waals surface area contributed by atoms with Gasteiger partial charge in [0.2, 0.25) is 0 Å². The summed E-state index contributed by atoms with van der Waals surface area (Å²) in [7, 11) is 0. The van der Waals surface area contributed by atoms with Crippen LogP contribution in [0.4, 0.5) is 0 Å². The Labute approximate surface area is 154 Å². The van der Waals surface area contributed by atoms with Crippen molar-refractivity contribution < 1.29 is 38.4 Å². The number of carbonyl (C=O) groups excluding carboxylic acids is 3. The highest BCUT2D eigenvalue weighted by atomic mass is 16.7. The van der Waals surface area contributed by atoms with Gasteiger partial charge in [-0.05, 0) is 19.4 Å². The molecule has 0 heterocycles. The van der Waals surface area contributed by atoms with Crippen LogP contribution in [0, 0.1) is 0 Å². The van der Waals surface area contributed by atoms with Gasteiger partial charge in [-0.25, -0.2) is 0 Å². The number of unbranched alkanes of at least 4 members (excludes halogenated alkanes) is 3. The van der Waals surface area contributed by atoms with Gasteiger partial charge in [-0.1, -0.05) is 12.8 Å². The third-order valence-electron chi connectivity index (χ3n) is 3.36. The Morgan fingerprint density at radius 1 is 0.885 bits per heavy atom. The third kappa shape index (κ3) is 12.6. The molecule has 0 amide bonds. The first-order valence-corrected chi connectivity index (χ1v) is 8.75. The minimum atomic E-state index is -1.48. The Balaban J connectivity index is 4.74. The lowest BCUT2D eigenvalue weighted by atomic mass is 10.1. The molecular formula is C17H31NO8. The molecule has 0 aromatic rings.